The van der Waals surface area contributed by atoms with E-state index in [1.54, 1.807) is 0 Å². The van der Waals surface area contributed by atoms with Gasteiger partial charge in [-0.2, -0.15) is 0 Å². The molecule has 2 amide bonds. The van der Waals surface area contributed by atoms with Crippen molar-refractivity contribution in [3.8, 4) is 0 Å². The van der Waals surface area contributed by atoms with Gasteiger partial charge in [0.25, 0.3) is 0 Å². The van der Waals surface area contributed by atoms with Crippen molar-refractivity contribution in [2.45, 2.75) is 0 Å². The van der Waals surface area contributed by atoms with Crippen molar-refractivity contribution in [3.63, 3.8) is 0 Å². The average molecular weight is 88.1 g/mol. The summed E-state index contributed by atoms with van der Waals surface area (Å²) in [5.41, 5.74) is 4.42. The molecule has 34 valence electrons. The molecule has 0 aromatic carbocycles. The molecule has 0 spiro atoms. The van der Waals surface area contributed by atoms with Crippen molar-refractivity contribution in [2.75, 3.05) is 0 Å². The Morgan fingerprint density at radius 2 is 2.17 bits per heavy atom. The van der Waals surface area contributed by atoms with Crippen molar-refractivity contribution in [2.24, 2.45) is 21.9 Å². The highest BCUT2D eigenvalue weighted by Gasteiger charge is 1.76. The molecule has 6 heavy (non-hydrogen) atoms. The molecule has 5 heteroatoms. The highest BCUT2D eigenvalue weighted by molar-refractivity contribution is 5.71. The van der Waals surface area contributed by atoms with Crippen molar-refractivity contribution in [1.82, 2.24) is 0 Å². The Labute approximate surface area is 34.0 Å². The van der Waals surface area contributed by atoms with Crippen molar-refractivity contribution in [1.29, 1.82) is 0 Å². The summed E-state index contributed by atoms with van der Waals surface area (Å²) < 4.78 is 0. The molecule has 0 aliphatic rings. The largest absolute Gasteiger partial charge is 0.358 e. The Morgan fingerprint density at radius 3 is 2.17 bits per heavy atom. The van der Waals surface area contributed by atoms with E-state index in [9.17, 15) is 4.79 Å². The maximum atomic E-state index is 9.48. The molecule has 0 radical (unpaired) electrons. The second kappa shape index (κ2) is 2.13. The number of amides is 2. The first kappa shape index (κ1) is 4.87. The fourth-order valence-electron chi connectivity index (χ4n) is 0.0569. The third-order valence-corrected chi connectivity index (χ3v) is 0.156. The first-order chi connectivity index (χ1) is 2.77. The van der Waals surface area contributed by atoms with Gasteiger partial charge < -0.3 is 11.6 Å². The van der Waals surface area contributed by atoms with Crippen LogP contribution in [0.25, 0.3) is 0 Å². The van der Waals surface area contributed by atoms with Crippen LogP contribution in [0.5, 0.6) is 0 Å². The van der Waals surface area contributed by atoms with Gasteiger partial charge in [0, 0.05) is 0 Å². The number of rotatable bonds is 0. The summed E-state index contributed by atoms with van der Waals surface area (Å²) in [6.45, 7) is 0. The number of nitrogens with zero attached hydrogens (tertiary/aromatic N) is 2. The summed E-state index contributed by atoms with van der Waals surface area (Å²) in [5.74, 6) is 4.39. The highest BCUT2D eigenvalue weighted by atomic mass is 16.2. The Bertz CT molecular complexity index is 75.6. The second-order valence-electron chi connectivity index (χ2n) is 0.554. The lowest BCUT2D eigenvalue weighted by molar-refractivity contribution is 0.255. The topological polar surface area (TPSA) is 93.8 Å². The fourth-order valence-corrected chi connectivity index (χ4v) is 0.0569. The number of hydrogen-bond donors (Lipinski definition) is 2. The van der Waals surface area contributed by atoms with Crippen LogP contribution in [-0.4, -0.2) is 6.03 Å². The zero-order valence-corrected chi connectivity index (χ0v) is 2.96. The van der Waals surface area contributed by atoms with Gasteiger partial charge in [0.15, 0.2) is 0 Å². The SMILES string of the molecule is NN=NC(N)=O. The molecule has 5 nitrogen and oxygen atoms in total. The zero-order valence-electron chi connectivity index (χ0n) is 2.96. The maximum absolute atomic E-state index is 9.48. The molecule has 0 aromatic heterocycles. The smallest absolute Gasteiger partial charge is 0.348 e. The maximum Gasteiger partial charge on any atom is 0.358 e. The van der Waals surface area contributed by atoms with Crippen LogP contribution in [-0.2, 0) is 0 Å². The molecule has 0 atom stereocenters. The van der Waals surface area contributed by atoms with Gasteiger partial charge in [-0.05, 0) is 0 Å². The molecule has 0 bridgehead atoms. The van der Waals surface area contributed by atoms with E-state index in [2.05, 4.69) is 21.9 Å². The van der Waals surface area contributed by atoms with E-state index >= 15 is 0 Å². The minimum absolute atomic E-state index is 0.877. The molecule has 4 N–H and O–H groups in total. The first-order valence-corrected chi connectivity index (χ1v) is 1.17. The van der Waals surface area contributed by atoms with Gasteiger partial charge in [-0.15, -0.1) is 0 Å². The molecule has 0 aliphatic heterocycles. The molecule has 0 heterocycles. The van der Waals surface area contributed by atoms with Crippen LogP contribution in [0.2, 0.25) is 0 Å². The third-order valence-electron chi connectivity index (χ3n) is 0.156. The van der Waals surface area contributed by atoms with Gasteiger partial charge in [-0.25, -0.2) is 4.79 Å². The van der Waals surface area contributed by atoms with Gasteiger partial charge in [-0.1, -0.05) is 10.3 Å². The summed E-state index contributed by atoms with van der Waals surface area (Å²) in [4.78, 5) is 9.48. The van der Waals surface area contributed by atoms with Crippen LogP contribution in [0.4, 0.5) is 4.79 Å². The Balaban J connectivity index is 3.30. The number of carbonyl (C=O) groups is 1. The molecule has 0 unspecified atom stereocenters. The van der Waals surface area contributed by atoms with Gasteiger partial charge in [-0.3, -0.25) is 0 Å². The summed E-state index contributed by atoms with van der Waals surface area (Å²) in [6, 6.07) is -0.877. The monoisotopic (exact) mass is 88.0 g/mol. The summed E-state index contributed by atoms with van der Waals surface area (Å²) in [5, 5.41) is 5.25. The van der Waals surface area contributed by atoms with E-state index in [4.69, 9.17) is 0 Å². The van der Waals surface area contributed by atoms with Crippen molar-refractivity contribution in [3.05, 3.63) is 0 Å². The summed E-state index contributed by atoms with van der Waals surface area (Å²) in [6.07, 6.45) is 0. The Hall–Kier alpha value is -1.13. The molecule has 0 rings (SSSR count). The second-order valence-corrected chi connectivity index (χ2v) is 0.554. The predicted octanol–water partition coefficient (Wildman–Crippen LogP) is -0.609. The number of hydrogen-bond acceptors (Lipinski definition) is 2. The van der Waals surface area contributed by atoms with E-state index in [1.807, 2.05) is 0 Å². The number of nitrogens with two attached hydrogens (primary N) is 2. The van der Waals surface area contributed by atoms with E-state index in [1.165, 1.54) is 0 Å². The van der Waals surface area contributed by atoms with Crippen LogP contribution in [0, 0.1) is 0 Å². The van der Waals surface area contributed by atoms with Gasteiger partial charge in [0.2, 0.25) is 0 Å². The number of urea groups is 1. The lowest BCUT2D eigenvalue weighted by Gasteiger charge is -1.69. The van der Waals surface area contributed by atoms with E-state index < -0.39 is 6.03 Å². The van der Waals surface area contributed by atoms with Gasteiger partial charge in [0.1, 0.15) is 0 Å². The third kappa shape index (κ3) is 2.87. The summed E-state index contributed by atoms with van der Waals surface area (Å²) in [7, 11) is 0. The van der Waals surface area contributed by atoms with Crippen molar-refractivity contribution < 1.29 is 4.79 Å². The minimum atomic E-state index is -0.877. The standard InChI is InChI=1S/CH4N4O/c2-1(6)4-5-3/h(H4,2,3,4,6). The number of primary amides is 1. The van der Waals surface area contributed by atoms with Crippen molar-refractivity contribution >= 4 is 6.03 Å². The highest BCUT2D eigenvalue weighted by Crippen LogP contribution is 1.61. The van der Waals surface area contributed by atoms with E-state index in [0.717, 1.165) is 0 Å². The van der Waals surface area contributed by atoms with Gasteiger partial charge in [0.05, 0.1) is 0 Å². The number of carbonyl (C=O) groups excluding carboxylic acids is 1. The van der Waals surface area contributed by atoms with Crippen LogP contribution >= 0.6 is 0 Å². The average Bonchev–Trinajstić information content (AvgIpc) is 1.35. The van der Waals surface area contributed by atoms with Crippen LogP contribution in [0.3, 0.4) is 0 Å². The normalized spacial score (nSPS) is 9.33. The van der Waals surface area contributed by atoms with E-state index in [0.29, 0.717) is 0 Å². The first-order valence-electron chi connectivity index (χ1n) is 1.17. The van der Waals surface area contributed by atoms with Gasteiger partial charge >= 0.3 is 6.03 Å². The Kier molecular flexibility index (Phi) is 1.73. The van der Waals surface area contributed by atoms with Crippen LogP contribution in [0.15, 0.2) is 10.3 Å². The zero-order chi connectivity index (χ0) is 4.99. The molecule has 0 fully saturated rings. The minimum Gasteiger partial charge on any atom is -0.348 e. The lowest BCUT2D eigenvalue weighted by Crippen LogP contribution is -2.03. The molecule has 0 aromatic rings. The van der Waals surface area contributed by atoms with Crippen LogP contribution < -0.4 is 11.6 Å². The molecular weight excluding hydrogens is 84.0 g/mol. The molecule has 0 saturated carbocycles. The lowest BCUT2D eigenvalue weighted by atomic mass is 11.2. The van der Waals surface area contributed by atoms with Crippen LogP contribution in [0.1, 0.15) is 0 Å². The Morgan fingerprint density at radius 1 is 1.67 bits per heavy atom. The quantitative estimate of drug-likeness (QED) is 0.235. The van der Waals surface area contributed by atoms with E-state index in [-0.39, 0.29) is 0 Å². The summed E-state index contributed by atoms with van der Waals surface area (Å²) >= 11 is 0. The molecule has 0 aliphatic carbocycles. The molecule has 0 saturated heterocycles. The molecular formula is CH4N4O. The fraction of sp³-hybridized carbons (Fsp3) is 0. The predicted molar refractivity (Wildman–Crippen MR) is 18.6 cm³/mol.